The number of anilines is 1. The summed E-state index contributed by atoms with van der Waals surface area (Å²) in [6.45, 7) is 2.61. The van der Waals surface area contributed by atoms with Crippen molar-refractivity contribution in [1.29, 1.82) is 0 Å². The highest BCUT2D eigenvalue weighted by Crippen LogP contribution is 2.30. The van der Waals surface area contributed by atoms with E-state index in [0.717, 1.165) is 18.4 Å². The molecule has 5 aromatic rings. The Balaban J connectivity index is 1.28. The van der Waals surface area contributed by atoms with E-state index >= 15 is 0 Å². The lowest BCUT2D eigenvalue weighted by Gasteiger charge is -2.02. The summed E-state index contributed by atoms with van der Waals surface area (Å²) in [4.78, 5) is 17.9. The number of imidazole rings is 1. The molecule has 0 aliphatic heterocycles. The molecule has 1 saturated carbocycles. The van der Waals surface area contributed by atoms with Crippen LogP contribution in [-0.4, -0.2) is 55.3 Å². The van der Waals surface area contributed by atoms with Gasteiger partial charge in [-0.15, -0.1) is 20.4 Å². The van der Waals surface area contributed by atoms with Crippen molar-refractivity contribution in [3.8, 4) is 11.4 Å². The Hall–Kier alpha value is -3.87. The summed E-state index contributed by atoms with van der Waals surface area (Å²) in [6, 6.07) is 7.46. The van der Waals surface area contributed by atoms with Crippen molar-refractivity contribution in [1.82, 2.24) is 49.4 Å². The first-order valence-electron chi connectivity index (χ1n) is 10.1. The summed E-state index contributed by atoms with van der Waals surface area (Å²) < 4.78 is 3.51. The fraction of sp³-hybridized carbons (Fsp3) is 0.263. The van der Waals surface area contributed by atoms with E-state index in [-0.39, 0.29) is 11.8 Å². The van der Waals surface area contributed by atoms with Crippen LogP contribution in [0.3, 0.4) is 0 Å². The summed E-state index contributed by atoms with van der Waals surface area (Å²) in [6.07, 6.45) is 5.48. The van der Waals surface area contributed by atoms with Crippen molar-refractivity contribution in [2.75, 3.05) is 5.32 Å². The SMILES string of the molecule is CCn1nnc(-c2ccc3nnc(Sc4ccc5nc(NC(=O)C6CC6)cn5n4)n3c2)n1. The number of pyridine rings is 1. The number of amides is 1. The predicted octanol–water partition coefficient (Wildman–Crippen LogP) is 1.95. The Morgan fingerprint density at radius 2 is 1.97 bits per heavy atom. The molecule has 1 aliphatic carbocycles. The molecular formula is C19H17N11OS. The molecule has 1 fully saturated rings. The number of fused-ring (bicyclic) bond motifs is 2. The number of carbonyl (C=O) groups is 1. The monoisotopic (exact) mass is 447 g/mol. The third kappa shape index (κ3) is 3.45. The highest BCUT2D eigenvalue weighted by atomic mass is 32.2. The van der Waals surface area contributed by atoms with Crippen molar-refractivity contribution in [3.63, 3.8) is 0 Å². The van der Waals surface area contributed by atoms with Gasteiger partial charge in [0.25, 0.3) is 0 Å². The number of nitrogens with one attached hydrogen (secondary N) is 1. The van der Waals surface area contributed by atoms with Gasteiger partial charge in [0.2, 0.25) is 16.9 Å². The molecule has 0 unspecified atom stereocenters. The van der Waals surface area contributed by atoms with Crippen LogP contribution in [0.1, 0.15) is 19.8 Å². The summed E-state index contributed by atoms with van der Waals surface area (Å²) >= 11 is 1.37. The number of aryl methyl sites for hydroxylation is 1. The lowest BCUT2D eigenvalue weighted by atomic mass is 10.3. The number of nitrogens with zero attached hydrogens (tertiary/aromatic N) is 10. The lowest BCUT2D eigenvalue weighted by molar-refractivity contribution is -0.117. The van der Waals surface area contributed by atoms with Crippen molar-refractivity contribution in [3.05, 3.63) is 36.7 Å². The van der Waals surface area contributed by atoms with Crippen LogP contribution < -0.4 is 5.32 Å². The molecule has 0 bridgehead atoms. The molecule has 1 aliphatic rings. The van der Waals surface area contributed by atoms with E-state index in [1.54, 1.807) is 10.7 Å². The number of tetrazole rings is 1. The van der Waals surface area contributed by atoms with Gasteiger partial charge in [-0.1, -0.05) is 0 Å². The van der Waals surface area contributed by atoms with Gasteiger partial charge in [-0.2, -0.15) is 9.90 Å². The molecule has 13 heteroatoms. The molecule has 1 amide bonds. The lowest BCUT2D eigenvalue weighted by Crippen LogP contribution is -2.13. The fourth-order valence-electron chi connectivity index (χ4n) is 3.21. The minimum absolute atomic E-state index is 0.0159. The highest BCUT2D eigenvalue weighted by Gasteiger charge is 2.30. The summed E-state index contributed by atoms with van der Waals surface area (Å²) in [5, 5.41) is 29.8. The number of hydrogen-bond donors (Lipinski definition) is 1. The van der Waals surface area contributed by atoms with Crippen LogP contribution in [0.15, 0.2) is 46.8 Å². The second-order valence-electron chi connectivity index (χ2n) is 7.40. The molecule has 5 aromatic heterocycles. The van der Waals surface area contributed by atoms with Gasteiger partial charge in [-0.25, -0.2) is 9.50 Å². The number of rotatable bonds is 6. The van der Waals surface area contributed by atoms with Gasteiger partial charge in [0, 0.05) is 17.7 Å². The maximum absolute atomic E-state index is 12.0. The summed E-state index contributed by atoms with van der Waals surface area (Å²) in [5.41, 5.74) is 2.17. The van der Waals surface area contributed by atoms with Gasteiger partial charge in [0.05, 0.1) is 12.7 Å². The Morgan fingerprint density at radius 1 is 1.09 bits per heavy atom. The predicted molar refractivity (Wildman–Crippen MR) is 114 cm³/mol. The van der Waals surface area contributed by atoms with E-state index in [1.165, 1.54) is 16.6 Å². The van der Waals surface area contributed by atoms with Gasteiger partial charge in [0.15, 0.2) is 17.1 Å². The molecule has 1 N–H and O–H groups in total. The first kappa shape index (κ1) is 18.9. The van der Waals surface area contributed by atoms with E-state index in [1.807, 2.05) is 41.8 Å². The van der Waals surface area contributed by atoms with Crippen LogP contribution in [0.5, 0.6) is 0 Å². The molecule has 5 heterocycles. The van der Waals surface area contributed by atoms with Crippen LogP contribution in [0.25, 0.3) is 22.7 Å². The maximum atomic E-state index is 12.0. The highest BCUT2D eigenvalue weighted by molar-refractivity contribution is 7.99. The average molecular weight is 447 g/mol. The van der Waals surface area contributed by atoms with Crippen molar-refractivity contribution >= 4 is 34.8 Å². The zero-order valence-electron chi connectivity index (χ0n) is 17.0. The van der Waals surface area contributed by atoms with Gasteiger partial charge < -0.3 is 5.32 Å². The Morgan fingerprint density at radius 3 is 2.78 bits per heavy atom. The maximum Gasteiger partial charge on any atom is 0.228 e. The third-order valence-corrected chi connectivity index (χ3v) is 5.94. The minimum atomic E-state index is 0.0159. The van der Waals surface area contributed by atoms with E-state index in [0.29, 0.717) is 39.7 Å². The second kappa shape index (κ2) is 7.37. The topological polar surface area (TPSA) is 133 Å². The molecule has 0 aromatic carbocycles. The molecule has 6 rings (SSSR count). The molecule has 0 spiro atoms. The third-order valence-electron chi connectivity index (χ3n) is 5.06. The first-order chi connectivity index (χ1) is 15.7. The van der Waals surface area contributed by atoms with Gasteiger partial charge in [0.1, 0.15) is 5.03 Å². The minimum Gasteiger partial charge on any atom is -0.309 e. The van der Waals surface area contributed by atoms with Gasteiger partial charge in [-0.05, 0) is 61.0 Å². The smallest absolute Gasteiger partial charge is 0.228 e. The van der Waals surface area contributed by atoms with E-state index < -0.39 is 0 Å². The van der Waals surface area contributed by atoms with E-state index in [9.17, 15) is 4.79 Å². The first-order valence-corrected chi connectivity index (χ1v) is 11.0. The zero-order chi connectivity index (χ0) is 21.7. The molecule has 0 radical (unpaired) electrons. The molecule has 0 atom stereocenters. The van der Waals surface area contributed by atoms with Crippen LogP contribution in [0, 0.1) is 5.92 Å². The Kier molecular flexibility index (Phi) is 4.35. The van der Waals surface area contributed by atoms with Crippen molar-refractivity contribution in [2.45, 2.75) is 36.5 Å². The zero-order valence-corrected chi connectivity index (χ0v) is 17.8. The quantitative estimate of drug-likeness (QED) is 0.414. The normalized spacial score (nSPS) is 13.8. The van der Waals surface area contributed by atoms with Gasteiger partial charge >= 0.3 is 0 Å². The molecule has 160 valence electrons. The van der Waals surface area contributed by atoms with Crippen molar-refractivity contribution < 1.29 is 4.79 Å². The van der Waals surface area contributed by atoms with Gasteiger partial charge in [-0.3, -0.25) is 9.20 Å². The summed E-state index contributed by atoms with van der Waals surface area (Å²) in [5.74, 6) is 1.17. The molecule has 12 nitrogen and oxygen atoms in total. The number of carbonyl (C=O) groups excluding carboxylic acids is 1. The van der Waals surface area contributed by atoms with Crippen molar-refractivity contribution in [2.24, 2.45) is 5.92 Å². The van der Waals surface area contributed by atoms with Crippen LogP contribution in [-0.2, 0) is 11.3 Å². The molecular weight excluding hydrogens is 430 g/mol. The average Bonchev–Trinajstić information content (AvgIpc) is 3.23. The largest absolute Gasteiger partial charge is 0.309 e. The summed E-state index contributed by atoms with van der Waals surface area (Å²) in [7, 11) is 0. The van der Waals surface area contributed by atoms with Crippen LogP contribution >= 0.6 is 11.8 Å². The van der Waals surface area contributed by atoms with Crippen LogP contribution in [0.4, 0.5) is 5.82 Å². The Bertz CT molecular complexity index is 1460. The van der Waals surface area contributed by atoms with E-state index in [2.05, 4.69) is 41.0 Å². The Labute approximate surface area is 185 Å². The number of aromatic nitrogens is 10. The van der Waals surface area contributed by atoms with Crippen LogP contribution in [0.2, 0.25) is 0 Å². The standard InChI is InChI=1S/C19H17N11OS/c1-2-30-26-17(23-27-30)12-5-6-15-22-24-19(28(15)9-12)32-16-8-7-14-20-13(10-29(14)25-16)21-18(31)11-3-4-11/h5-11H,2-4H2,1H3,(H,21,31). The molecule has 0 saturated heterocycles. The fourth-order valence-corrected chi connectivity index (χ4v) is 3.99. The molecule has 32 heavy (non-hydrogen) atoms. The van der Waals surface area contributed by atoms with E-state index in [4.69, 9.17) is 0 Å². The number of hydrogen-bond acceptors (Lipinski definition) is 9. The second-order valence-corrected chi connectivity index (χ2v) is 8.38.